The van der Waals surface area contributed by atoms with Gasteiger partial charge in [-0.15, -0.1) is 0 Å². The maximum Gasteiger partial charge on any atom is 0.0682 e. The van der Waals surface area contributed by atoms with Crippen LogP contribution in [0.1, 0.15) is 31.2 Å². The van der Waals surface area contributed by atoms with Gasteiger partial charge in [-0.3, -0.25) is 0 Å². The lowest BCUT2D eigenvalue weighted by Gasteiger charge is -2.27. The van der Waals surface area contributed by atoms with Crippen LogP contribution in [0, 0.1) is 0 Å². The van der Waals surface area contributed by atoms with Gasteiger partial charge >= 0.3 is 0 Å². The third-order valence-corrected chi connectivity index (χ3v) is 3.35. The fourth-order valence-electron chi connectivity index (χ4n) is 2.28. The summed E-state index contributed by atoms with van der Waals surface area (Å²) in [4.78, 5) is 0. The Labute approximate surface area is 101 Å². The van der Waals surface area contributed by atoms with E-state index in [1.807, 2.05) is 12.1 Å². The summed E-state index contributed by atoms with van der Waals surface area (Å²) in [5, 5.41) is 21.8. The molecule has 0 bridgehead atoms. The summed E-state index contributed by atoms with van der Waals surface area (Å²) in [6.07, 6.45) is 3.52. The van der Waals surface area contributed by atoms with Crippen LogP contribution in [-0.2, 0) is 6.61 Å². The Bertz CT molecular complexity index is 374. The number of nitrogens with one attached hydrogen (secondary N) is 1. The number of nitrogen functional groups attached to an aromatic ring is 1. The monoisotopic (exact) mass is 236 g/mol. The van der Waals surface area contributed by atoms with Gasteiger partial charge in [-0.25, -0.2) is 0 Å². The summed E-state index contributed by atoms with van der Waals surface area (Å²) in [7, 11) is 0. The zero-order chi connectivity index (χ0) is 12.3. The molecule has 0 heterocycles. The summed E-state index contributed by atoms with van der Waals surface area (Å²) in [5.74, 6) is 0. The second kappa shape index (κ2) is 5.38. The van der Waals surface area contributed by atoms with Gasteiger partial charge in [0.05, 0.1) is 24.1 Å². The number of rotatable bonds is 3. The first-order valence-electron chi connectivity index (χ1n) is 6.13. The van der Waals surface area contributed by atoms with Crippen molar-refractivity contribution >= 4 is 11.4 Å². The summed E-state index contributed by atoms with van der Waals surface area (Å²) < 4.78 is 0. The Balaban J connectivity index is 1.99. The molecule has 0 radical (unpaired) electrons. The van der Waals surface area contributed by atoms with Crippen molar-refractivity contribution in [3.63, 3.8) is 0 Å². The number of aliphatic hydroxyl groups excluding tert-OH is 2. The van der Waals surface area contributed by atoms with E-state index < -0.39 is 0 Å². The highest BCUT2D eigenvalue weighted by Gasteiger charge is 2.19. The van der Waals surface area contributed by atoms with Gasteiger partial charge in [-0.05, 0) is 43.4 Å². The molecule has 17 heavy (non-hydrogen) atoms. The van der Waals surface area contributed by atoms with Crippen molar-refractivity contribution in [3.05, 3.63) is 23.8 Å². The molecule has 0 aromatic heterocycles. The van der Waals surface area contributed by atoms with Gasteiger partial charge in [0.15, 0.2) is 0 Å². The van der Waals surface area contributed by atoms with Crippen LogP contribution in [0.25, 0.3) is 0 Å². The van der Waals surface area contributed by atoms with Crippen molar-refractivity contribution in [3.8, 4) is 0 Å². The van der Waals surface area contributed by atoms with Crippen molar-refractivity contribution in [2.24, 2.45) is 0 Å². The van der Waals surface area contributed by atoms with Gasteiger partial charge in [-0.1, -0.05) is 6.07 Å². The molecule has 1 saturated carbocycles. The molecule has 0 atom stereocenters. The summed E-state index contributed by atoms with van der Waals surface area (Å²) in [6, 6.07) is 5.96. The molecule has 1 aromatic carbocycles. The van der Waals surface area contributed by atoms with Gasteiger partial charge in [0.25, 0.3) is 0 Å². The lowest BCUT2D eigenvalue weighted by atomic mass is 9.93. The highest BCUT2D eigenvalue weighted by Crippen LogP contribution is 2.26. The molecule has 0 unspecified atom stereocenters. The summed E-state index contributed by atoms with van der Waals surface area (Å²) in [5.41, 5.74) is 8.33. The van der Waals surface area contributed by atoms with E-state index in [0.717, 1.165) is 36.9 Å². The summed E-state index contributed by atoms with van der Waals surface area (Å²) in [6.45, 7) is 0.0140. The molecule has 94 valence electrons. The summed E-state index contributed by atoms with van der Waals surface area (Å²) >= 11 is 0. The number of hydrogen-bond donors (Lipinski definition) is 4. The van der Waals surface area contributed by atoms with Gasteiger partial charge < -0.3 is 21.3 Å². The van der Waals surface area contributed by atoms with E-state index in [2.05, 4.69) is 5.32 Å². The molecule has 0 amide bonds. The van der Waals surface area contributed by atoms with E-state index in [4.69, 9.17) is 10.8 Å². The molecule has 4 heteroatoms. The van der Waals surface area contributed by atoms with Crippen LogP contribution in [0.15, 0.2) is 18.2 Å². The Hall–Kier alpha value is -1.26. The number of hydrogen-bond acceptors (Lipinski definition) is 4. The van der Waals surface area contributed by atoms with Crippen LogP contribution in [0.4, 0.5) is 11.4 Å². The molecule has 1 fully saturated rings. The highest BCUT2D eigenvalue weighted by atomic mass is 16.3. The molecule has 0 aliphatic heterocycles. The Morgan fingerprint density at radius 1 is 1.24 bits per heavy atom. The SMILES string of the molecule is Nc1cc(CO)ccc1N[C@H]1CC[C@H](O)CC1. The lowest BCUT2D eigenvalue weighted by molar-refractivity contribution is 0.126. The average Bonchev–Trinajstić information content (AvgIpc) is 2.34. The highest BCUT2D eigenvalue weighted by molar-refractivity contribution is 5.67. The first kappa shape index (κ1) is 12.2. The number of anilines is 2. The molecule has 0 saturated heterocycles. The van der Waals surface area contributed by atoms with Crippen molar-refractivity contribution in [1.82, 2.24) is 0 Å². The van der Waals surface area contributed by atoms with Crippen LogP contribution in [0.3, 0.4) is 0 Å². The van der Waals surface area contributed by atoms with Crippen LogP contribution in [-0.4, -0.2) is 22.4 Å². The van der Waals surface area contributed by atoms with Gasteiger partial charge in [0, 0.05) is 6.04 Å². The van der Waals surface area contributed by atoms with E-state index in [0.29, 0.717) is 11.7 Å². The molecule has 1 aliphatic carbocycles. The second-order valence-electron chi connectivity index (χ2n) is 4.73. The van der Waals surface area contributed by atoms with E-state index >= 15 is 0 Å². The maximum absolute atomic E-state index is 9.44. The first-order chi connectivity index (χ1) is 8.19. The Kier molecular flexibility index (Phi) is 3.86. The predicted molar refractivity (Wildman–Crippen MR) is 68.7 cm³/mol. The minimum absolute atomic E-state index is 0.0140. The molecule has 0 spiro atoms. The van der Waals surface area contributed by atoms with Crippen LogP contribution in [0.2, 0.25) is 0 Å². The number of benzene rings is 1. The van der Waals surface area contributed by atoms with Crippen LogP contribution in [0.5, 0.6) is 0 Å². The third kappa shape index (κ3) is 3.11. The predicted octanol–water partition coefficient (Wildman–Crippen LogP) is 1.48. The van der Waals surface area contributed by atoms with Crippen LogP contribution >= 0.6 is 0 Å². The average molecular weight is 236 g/mol. The molecule has 1 aliphatic rings. The molecular weight excluding hydrogens is 216 g/mol. The third-order valence-electron chi connectivity index (χ3n) is 3.35. The van der Waals surface area contributed by atoms with Gasteiger partial charge in [0.2, 0.25) is 0 Å². The zero-order valence-electron chi connectivity index (χ0n) is 9.89. The minimum Gasteiger partial charge on any atom is -0.397 e. The van der Waals surface area contributed by atoms with Crippen molar-refractivity contribution in [1.29, 1.82) is 0 Å². The number of nitrogens with two attached hydrogens (primary N) is 1. The van der Waals surface area contributed by atoms with Gasteiger partial charge in [0.1, 0.15) is 0 Å². The minimum atomic E-state index is -0.137. The van der Waals surface area contributed by atoms with Gasteiger partial charge in [-0.2, -0.15) is 0 Å². The first-order valence-corrected chi connectivity index (χ1v) is 6.13. The molecule has 4 nitrogen and oxygen atoms in total. The topological polar surface area (TPSA) is 78.5 Å². The van der Waals surface area contributed by atoms with E-state index in [1.165, 1.54) is 0 Å². The van der Waals surface area contributed by atoms with Crippen LogP contribution < -0.4 is 11.1 Å². The quantitative estimate of drug-likeness (QED) is 0.599. The molecular formula is C13H20N2O2. The normalized spacial score (nSPS) is 24.6. The Morgan fingerprint density at radius 2 is 1.94 bits per heavy atom. The Morgan fingerprint density at radius 3 is 2.53 bits per heavy atom. The fourth-order valence-corrected chi connectivity index (χ4v) is 2.28. The standard InChI is InChI=1S/C13H20N2O2/c14-12-7-9(8-16)1-6-13(12)15-10-2-4-11(17)5-3-10/h1,6-7,10-11,15-17H,2-5,8,14H2/t10-,11-. The maximum atomic E-state index is 9.44. The van der Waals surface area contributed by atoms with Crippen molar-refractivity contribution in [2.75, 3.05) is 11.1 Å². The second-order valence-corrected chi connectivity index (χ2v) is 4.73. The zero-order valence-corrected chi connectivity index (χ0v) is 9.89. The van der Waals surface area contributed by atoms with Crippen molar-refractivity contribution in [2.45, 2.75) is 44.4 Å². The molecule has 2 rings (SSSR count). The van der Waals surface area contributed by atoms with E-state index in [9.17, 15) is 5.11 Å². The fraction of sp³-hybridized carbons (Fsp3) is 0.538. The van der Waals surface area contributed by atoms with Crippen molar-refractivity contribution < 1.29 is 10.2 Å². The number of aliphatic hydroxyl groups is 2. The molecule has 1 aromatic rings. The largest absolute Gasteiger partial charge is 0.397 e. The van der Waals surface area contributed by atoms with E-state index in [1.54, 1.807) is 6.07 Å². The lowest BCUT2D eigenvalue weighted by Crippen LogP contribution is -2.28. The smallest absolute Gasteiger partial charge is 0.0682 e. The van der Waals surface area contributed by atoms with E-state index in [-0.39, 0.29) is 12.7 Å². The molecule has 5 N–H and O–H groups in total.